The molecule has 1 aliphatic carbocycles. The zero-order valence-corrected chi connectivity index (χ0v) is 11.4. The Morgan fingerprint density at radius 1 is 1.12 bits per heavy atom. The SMILES string of the molecule is CCNC1CCC(Cc2cc(C)cc(C)c2)C1. The quantitative estimate of drug-likeness (QED) is 0.834. The van der Waals surface area contributed by atoms with E-state index >= 15 is 0 Å². The summed E-state index contributed by atoms with van der Waals surface area (Å²) in [4.78, 5) is 0. The summed E-state index contributed by atoms with van der Waals surface area (Å²) < 4.78 is 0. The van der Waals surface area contributed by atoms with E-state index in [2.05, 4.69) is 44.3 Å². The van der Waals surface area contributed by atoms with Crippen LogP contribution >= 0.6 is 0 Å². The van der Waals surface area contributed by atoms with Crippen molar-refractivity contribution in [2.45, 2.75) is 52.5 Å². The zero-order chi connectivity index (χ0) is 12.3. The third-order valence-electron chi connectivity index (χ3n) is 3.84. The predicted molar refractivity (Wildman–Crippen MR) is 74.4 cm³/mol. The molecule has 0 spiro atoms. The highest BCUT2D eigenvalue weighted by Crippen LogP contribution is 2.29. The largest absolute Gasteiger partial charge is 0.314 e. The third-order valence-corrected chi connectivity index (χ3v) is 3.84. The predicted octanol–water partition coefficient (Wildman–Crippen LogP) is 3.62. The molecule has 94 valence electrons. The van der Waals surface area contributed by atoms with Gasteiger partial charge in [0.1, 0.15) is 0 Å². The van der Waals surface area contributed by atoms with E-state index in [1.54, 1.807) is 0 Å². The Balaban J connectivity index is 1.93. The summed E-state index contributed by atoms with van der Waals surface area (Å²) in [6, 6.07) is 7.75. The second kappa shape index (κ2) is 5.68. The van der Waals surface area contributed by atoms with Crippen molar-refractivity contribution in [1.29, 1.82) is 0 Å². The molecule has 1 aliphatic rings. The van der Waals surface area contributed by atoms with Crippen molar-refractivity contribution in [3.05, 3.63) is 34.9 Å². The maximum Gasteiger partial charge on any atom is 0.00698 e. The average Bonchev–Trinajstić information content (AvgIpc) is 2.64. The van der Waals surface area contributed by atoms with Crippen LogP contribution in [0.4, 0.5) is 0 Å². The van der Waals surface area contributed by atoms with Gasteiger partial charge in [-0.2, -0.15) is 0 Å². The molecule has 2 rings (SSSR count). The van der Waals surface area contributed by atoms with Gasteiger partial charge in [-0.1, -0.05) is 36.2 Å². The fourth-order valence-corrected chi connectivity index (χ4v) is 3.25. The lowest BCUT2D eigenvalue weighted by Gasteiger charge is -2.13. The van der Waals surface area contributed by atoms with Gasteiger partial charge in [-0.15, -0.1) is 0 Å². The molecule has 0 radical (unpaired) electrons. The van der Waals surface area contributed by atoms with E-state index in [-0.39, 0.29) is 0 Å². The Labute approximate surface area is 106 Å². The molecule has 2 atom stereocenters. The van der Waals surface area contributed by atoms with Gasteiger partial charge in [0.15, 0.2) is 0 Å². The standard InChI is InChI=1S/C16H25N/c1-4-17-16-6-5-14(11-16)10-15-8-12(2)7-13(3)9-15/h7-9,14,16-17H,4-6,10-11H2,1-3H3. The van der Waals surface area contributed by atoms with Gasteiger partial charge >= 0.3 is 0 Å². The van der Waals surface area contributed by atoms with E-state index in [0.717, 1.165) is 18.5 Å². The van der Waals surface area contributed by atoms with Gasteiger partial charge < -0.3 is 5.32 Å². The fourth-order valence-electron chi connectivity index (χ4n) is 3.25. The van der Waals surface area contributed by atoms with E-state index in [4.69, 9.17) is 0 Å². The highest BCUT2D eigenvalue weighted by molar-refractivity contribution is 5.28. The minimum Gasteiger partial charge on any atom is -0.314 e. The first kappa shape index (κ1) is 12.6. The Morgan fingerprint density at radius 2 is 1.82 bits per heavy atom. The van der Waals surface area contributed by atoms with Crippen molar-refractivity contribution >= 4 is 0 Å². The van der Waals surface area contributed by atoms with Gasteiger partial charge in [-0.05, 0) is 57.6 Å². The van der Waals surface area contributed by atoms with Gasteiger partial charge in [-0.3, -0.25) is 0 Å². The molecule has 1 saturated carbocycles. The van der Waals surface area contributed by atoms with Gasteiger partial charge in [0.2, 0.25) is 0 Å². The first-order chi connectivity index (χ1) is 8.17. The van der Waals surface area contributed by atoms with E-state index in [1.165, 1.54) is 42.4 Å². The fraction of sp³-hybridized carbons (Fsp3) is 0.625. The number of aryl methyl sites for hydroxylation is 2. The highest BCUT2D eigenvalue weighted by Gasteiger charge is 2.23. The molecule has 0 saturated heterocycles. The minimum absolute atomic E-state index is 0.774. The topological polar surface area (TPSA) is 12.0 Å². The molecule has 0 aromatic heterocycles. The van der Waals surface area contributed by atoms with Crippen LogP contribution in [0.2, 0.25) is 0 Å². The maximum absolute atomic E-state index is 3.58. The lowest BCUT2D eigenvalue weighted by Crippen LogP contribution is -2.25. The van der Waals surface area contributed by atoms with Gasteiger partial charge in [0, 0.05) is 6.04 Å². The Bertz CT molecular complexity index is 350. The van der Waals surface area contributed by atoms with Crippen LogP contribution in [-0.2, 0) is 6.42 Å². The molecule has 0 bridgehead atoms. The van der Waals surface area contributed by atoms with Crippen molar-refractivity contribution in [1.82, 2.24) is 5.32 Å². The van der Waals surface area contributed by atoms with Crippen molar-refractivity contribution in [2.24, 2.45) is 5.92 Å². The number of rotatable bonds is 4. The summed E-state index contributed by atoms with van der Waals surface area (Å²) in [6.07, 6.45) is 5.39. The van der Waals surface area contributed by atoms with E-state index < -0.39 is 0 Å². The summed E-state index contributed by atoms with van der Waals surface area (Å²) in [5.41, 5.74) is 4.34. The molecule has 2 unspecified atom stereocenters. The summed E-state index contributed by atoms with van der Waals surface area (Å²) in [5, 5.41) is 3.58. The monoisotopic (exact) mass is 231 g/mol. The van der Waals surface area contributed by atoms with E-state index in [1.807, 2.05) is 0 Å². The van der Waals surface area contributed by atoms with Crippen LogP contribution in [0.3, 0.4) is 0 Å². The van der Waals surface area contributed by atoms with Gasteiger partial charge in [0.05, 0.1) is 0 Å². The lowest BCUT2D eigenvalue weighted by molar-refractivity contribution is 0.493. The smallest absolute Gasteiger partial charge is 0.00698 e. The molecule has 0 heterocycles. The third kappa shape index (κ3) is 3.57. The molecular formula is C16H25N. The number of hydrogen-bond donors (Lipinski definition) is 1. The van der Waals surface area contributed by atoms with Crippen LogP contribution in [-0.4, -0.2) is 12.6 Å². The molecule has 1 N–H and O–H groups in total. The summed E-state index contributed by atoms with van der Waals surface area (Å²) >= 11 is 0. The first-order valence-corrected chi connectivity index (χ1v) is 6.98. The number of benzene rings is 1. The molecule has 17 heavy (non-hydrogen) atoms. The second-order valence-corrected chi connectivity index (χ2v) is 5.63. The van der Waals surface area contributed by atoms with Crippen molar-refractivity contribution in [2.75, 3.05) is 6.54 Å². The lowest BCUT2D eigenvalue weighted by atomic mass is 9.95. The summed E-state index contributed by atoms with van der Waals surface area (Å²) in [5.74, 6) is 0.889. The van der Waals surface area contributed by atoms with Crippen molar-refractivity contribution < 1.29 is 0 Å². The Hall–Kier alpha value is -0.820. The number of nitrogens with one attached hydrogen (secondary N) is 1. The van der Waals surface area contributed by atoms with E-state index in [0.29, 0.717) is 0 Å². The van der Waals surface area contributed by atoms with Crippen molar-refractivity contribution in [3.8, 4) is 0 Å². The summed E-state index contributed by atoms with van der Waals surface area (Å²) in [7, 11) is 0. The molecule has 0 amide bonds. The van der Waals surface area contributed by atoms with Crippen LogP contribution in [0.1, 0.15) is 42.9 Å². The molecule has 1 aromatic carbocycles. The van der Waals surface area contributed by atoms with Crippen LogP contribution in [0.5, 0.6) is 0 Å². The molecule has 1 heteroatoms. The normalized spacial score (nSPS) is 24.2. The van der Waals surface area contributed by atoms with Crippen LogP contribution < -0.4 is 5.32 Å². The maximum atomic E-state index is 3.58. The van der Waals surface area contributed by atoms with Gasteiger partial charge in [0.25, 0.3) is 0 Å². The van der Waals surface area contributed by atoms with Crippen molar-refractivity contribution in [3.63, 3.8) is 0 Å². The Kier molecular flexibility index (Phi) is 4.22. The summed E-state index contributed by atoms with van der Waals surface area (Å²) in [6.45, 7) is 7.72. The van der Waals surface area contributed by atoms with Gasteiger partial charge in [-0.25, -0.2) is 0 Å². The molecule has 1 fully saturated rings. The molecular weight excluding hydrogens is 206 g/mol. The minimum atomic E-state index is 0.774. The molecule has 0 aliphatic heterocycles. The zero-order valence-electron chi connectivity index (χ0n) is 11.4. The highest BCUT2D eigenvalue weighted by atomic mass is 14.9. The second-order valence-electron chi connectivity index (χ2n) is 5.63. The van der Waals surface area contributed by atoms with Crippen LogP contribution in [0.15, 0.2) is 18.2 Å². The van der Waals surface area contributed by atoms with Crippen LogP contribution in [0, 0.1) is 19.8 Å². The Morgan fingerprint density at radius 3 is 2.47 bits per heavy atom. The number of hydrogen-bond acceptors (Lipinski definition) is 1. The first-order valence-electron chi connectivity index (χ1n) is 6.98. The molecule has 1 aromatic rings. The molecule has 1 nitrogen and oxygen atoms in total. The van der Waals surface area contributed by atoms with Crippen LogP contribution in [0.25, 0.3) is 0 Å². The van der Waals surface area contributed by atoms with E-state index in [9.17, 15) is 0 Å². The average molecular weight is 231 g/mol.